The lowest BCUT2D eigenvalue weighted by Gasteiger charge is -2.16. The van der Waals surface area contributed by atoms with Crippen molar-refractivity contribution >= 4 is 16.0 Å². The quantitative estimate of drug-likeness (QED) is 0.838. The zero-order chi connectivity index (χ0) is 15.5. The van der Waals surface area contributed by atoms with Crippen molar-refractivity contribution in [1.29, 1.82) is 0 Å². The van der Waals surface area contributed by atoms with E-state index in [-0.39, 0.29) is 12.3 Å². The Morgan fingerprint density at radius 2 is 1.90 bits per heavy atom. The van der Waals surface area contributed by atoms with Gasteiger partial charge in [0.1, 0.15) is 6.04 Å². The molecule has 0 radical (unpaired) electrons. The van der Waals surface area contributed by atoms with Gasteiger partial charge in [-0.25, -0.2) is 17.2 Å². The van der Waals surface area contributed by atoms with Crippen LogP contribution in [0, 0.1) is 17.6 Å². The maximum Gasteiger partial charge on any atom is 0.321 e. The number of sulfonamides is 1. The topological polar surface area (TPSA) is 83.5 Å². The molecule has 1 aromatic rings. The number of benzene rings is 1. The summed E-state index contributed by atoms with van der Waals surface area (Å²) >= 11 is 0. The van der Waals surface area contributed by atoms with E-state index in [0.29, 0.717) is 12.1 Å². The summed E-state index contributed by atoms with van der Waals surface area (Å²) in [7, 11) is -4.23. The van der Waals surface area contributed by atoms with Crippen LogP contribution in [0.4, 0.5) is 8.78 Å². The number of carboxylic acid groups (broad SMARTS) is 1. The van der Waals surface area contributed by atoms with E-state index in [1.807, 2.05) is 4.72 Å². The van der Waals surface area contributed by atoms with E-state index >= 15 is 0 Å². The van der Waals surface area contributed by atoms with Crippen LogP contribution < -0.4 is 4.72 Å². The van der Waals surface area contributed by atoms with Crippen LogP contribution in [0.25, 0.3) is 0 Å². The molecule has 0 unspecified atom stereocenters. The van der Waals surface area contributed by atoms with E-state index in [9.17, 15) is 22.0 Å². The number of carboxylic acids is 1. The number of carbonyl (C=O) groups is 1. The molecule has 2 N–H and O–H groups in total. The number of aliphatic carboxylic acids is 1. The summed E-state index contributed by atoms with van der Waals surface area (Å²) in [6.45, 7) is 3.48. The molecule has 0 aromatic heterocycles. The number of rotatable bonds is 6. The normalized spacial score (nSPS) is 13.4. The van der Waals surface area contributed by atoms with Crippen molar-refractivity contribution in [2.45, 2.75) is 31.2 Å². The van der Waals surface area contributed by atoms with Gasteiger partial charge in [-0.15, -0.1) is 0 Å². The van der Waals surface area contributed by atoms with Crippen LogP contribution in [0.2, 0.25) is 0 Å². The summed E-state index contributed by atoms with van der Waals surface area (Å²) in [5.41, 5.74) is 0. The fourth-order valence-electron chi connectivity index (χ4n) is 1.57. The van der Waals surface area contributed by atoms with Gasteiger partial charge in [-0.1, -0.05) is 13.8 Å². The summed E-state index contributed by atoms with van der Waals surface area (Å²) in [6, 6.07) is 0.719. The fraction of sp³-hybridized carbons (Fsp3) is 0.417. The number of nitrogens with one attached hydrogen (secondary N) is 1. The maximum absolute atomic E-state index is 13.0. The van der Waals surface area contributed by atoms with E-state index in [2.05, 4.69) is 0 Å². The highest BCUT2D eigenvalue weighted by Crippen LogP contribution is 2.15. The van der Waals surface area contributed by atoms with Gasteiger partial charge in [0, 0.05) is 0 Å². The van der Waals surface area contributed by atoms with Crippen LogP contribution in [0.1, 0.15) is 20.3 Å². The molecule has 20 heavy (non-hydrogen) atoms. The molecule has 0 heterocycles. The van der Waals surface area contributed by atoms with Gasteiger partial charge in [0.25, 0.3) is 0 Å². The van der Waals surface area contributed by atoms with Crippen molar-refractivity contribution in [2.24, 2.45) is 5.92 Å². The van der Waals surface area contributed by atoms with Gasteiger partial charge in [-0.2, -0.15) is 4.72 Å². The summed E-state index contributed by atoms with van der Waals surface area (Å²) in [4.78, 5) is 10.5. The molecule has 0 spiro atoms. The Kier molecular flexibility index (Phi) is 5.18. The van der Waals surface area contributed by atoms with Gasteiger partial charge >= 0.3 is 5.97 Å². The third kappa shape index (κ3) is 4.24. The molecule has 1 aromatic carbocycles. The maximum atomic E-state index is 13.0. The summed E-state index contributed by atoms with van der Waals surface area (Å²) in [5.74, 6) is -3.88. The SMILES string of the molecule is CC(C)C[C@H](NS(=O)(=O)c1ccc(F)c(F)c1)C(=O)O. The molecule has 0 bridgehead atoms. The summed E-state index contributed by atoms with van der Waals surface area (Å²) < 4.78 is 51.6. The van der Waals surface area contributed by atoms with Gasteiger partial charge < -0.3 is 5.11 Å². The monoisotopic (exact) mass is 307 g/mol. The molecule has 0 aliphatic rings. The minimum atomic E-state index is -4.23. The predicted molar refractivity (Wildman–Crippen MR) is 67.6 cm³/mol. The standard InChI is InChI=1S/C12H15F2NO4S/c1-7(2)5-11(12(16)17)15-20(18,19)8-3-4-9(13)10(14)6-8/h3-4,6-7,11,15H,5H2,1-2H3,(H,16,17)/t11-/m0/s1. The minimum Gasteiger partial charge on any atom is -0.480 e. The molecule has 0 aliphatic carbocycles. The Labute approximate surface area is 115 Å². The second-order valence-corrected chi connectivity index (χ2v) is 6.43. The van der Waals surface area contributed by atoms with Crippen LogP contribution in [-0.4, -0.2) is 25.5 Å². The summed E-state index contributed by atoms with van der Waals surface area (Å²) in [6.07, 6.45) is 0.0816. The number of hydrogen-bond donors (Lipinski definition) is 2. The van der Waals surface area contributed by atoms with Crippen molar-refractivity contribution in [3.8, 4) is 0 Å². The van der Waals surface area contributed by atoms with Gasteiger partial charge in [-0.3, -0.25) is 4.79 Å². The van der Waals surface area contributed by atoms with Crippen LogP contribution in [0.15, 0.2) is 23.1 Å². The first kappa shape index (κ1) is 16.5. The lowest BCUT2D eigenvalue weighted by atomic mass is 10.1. The van der Waals surface area contributed by atoms with E-state index in [0.717, 1.165) is 6.07 Å². The van der Waals surface area contributed by atoms with Crippen LogP contribution in [0.3, 0.4) is 0 Å². The Bertz CT molecular complexity index is 601. The molecule has 0 saturated heterocycles. The third-order valence-electron chi connectivity index (χ3n) is 2.50. The lowest BCUT2D eigenvalue weighted by Crippen LogP contribution is -2.41. The second-order valence-electron chi connectivity index (χ2n) is 4.72. The minimum absolute atomic E-state index is 0.0521. The zero-order valence-electron chi connectivity index (χ0n) is 10.9. The Morgan fingerprint density at radius 1 is 1.30 bits per heavy atom. The number of halogens is 2. The molecule has 1 rings (SSSR count). The van der Waals surface area contributed by atoms with E-state index < -0.39 is 38.6 Å². The largest absolute Gasteiger partial charge is 0.480 e. The summed E-state index contributed by atoms with van der Waals surface area (Å²) in [5, 5.41) is 8.97. The molecule has 1 atom stereocenters. The van der Waals surface area contributed by atoms with Gasteiger partial charge in [0.05, 0.1) is 4.90 Å². The Morgan fingerprint density at radius 3 is 2.35 bits per heavy atom. The average Bonchev–Trinajstić information content (AvgIpc) is 2.30. The van der Waals surface area contributed by atoms with E-state index in [1.54, 1.807) is 13.8 Å². The van der Waals surface area contributed by atoms with Crippen molar-refractivity contribution in [3.05, 3.63) is 29.8 Å². The van der Waals surface area contributed by atoms with Crippen molar-refractivity contribution < 1.29 is 27.1 Å². The fourth-order valence-corrected chi connectivity index (χ4v) is 2.78. The Balaban J connectivity index is 3.03. The third-order valence-corrected chi connectivity index (χ3v) is 3.97. The molecule has 0 fully saturated rings. The molecule has 0 saturated carbocycles. The molecule has 0 aliphatic heterocycles. The van der Waals surface area contributed by atoms with E-state index in [4.69, 9.17) is 5.11 Å². The average molecular weight is 307 g/mol. The van der Waals surface area contributed by atoms with Crippen molar-refractivity contribution in [1.82, 2.24) is 4.72 Å². The molecule has 0 amide bonds. The van der Waals surface area contributed by atoms with E-state index in [1.165, 1.54) is 0 Å². The van der Waals surface area contributed by atoms with Crippen LogP contribution in [0.5, 0.6) is 0 Å². The molecule has 8 heteroatoms. The second kappa shape index (κ2) is 6.27. The van der Waals surface area contributed by atoms with Crippen molar-refractivity contribution in [3.63, 3.8) is 0 Å². The zero-order valence-corrected chi connectivity index (χ0v) is 11.7. The van der Waals surface area contributed by atoms with Gasteiger partial charge in [0.2, 0.25) is 10.0 Å². The van der Waals surface area contributed by atoms with Crippen LogP contribution in [-0.2, 0) is 14.8 Å². The molecule has 112 valence electrons. The predicted octanol–water partition coefficient (Wildman–Crippen LogP) is 1.74. The lowest BCUT2D eigenvalue weighted by molar-refractivity contribution is -0.139. The molecular formula is C12H15F2NO4S. The van der Waals surface area contributed by atoms with Gasteiger partial charge in [0.15, 0.2) is 11.6 Å². The number of hydrogen-bond acceptors (Lipinski definition) is 3. The van der Waals surface area contributed by atoms with Crippen LogP contribution >= 0.6 is 0 Å². The van der Waals surface area contributed by atoms with Gasteiger partial charge in [-0.05, 0) is 30.5 Å². The highest BCUT2D eigenvalue weighted by molar-refractivity contribution is 7.89. The molecule has 5 nitrogen and oxygen atoms in total. The first-order chi connectivity index (χ1) is 9.13. The molecular weight excluding hydrogens is 292 g/mol. The highest BCUT2D eigenvalue weighted by Gasteiger charge is 2.26. The smallest absolute Gasteiger partial charge is 0.321 e. The van der Waals surface area contributed by atoms with Crippen molar-refractivity contribution in [2.75, 3.05) is 0 Å². The first-order valence-electron chi connectivity index (χ1n) is 5.83. The highest BCUT2D eigenvalue weighted by atomic mass is 32.2. The first-order valence-corrected chi connectivity index (χ1v) is 7.32. The Hall–Kier alpha value is -1.54.